The van der Waals surface area contributed by atoms with Crippen LogP contribution in [-0.4, -0.2) is 11.5 Å². The van der Waals surface area contributed by atoms with E-state index in [-0.39, 0.29) is 0 Å². The monoisotopic (exact) mass is 170 g/mol. The Morgan fingerprint density at radius 1 is 1.55 bits per heavy atom. The van der Waals surface area contributed by atoms with Gasteiger partial charge in [0.15, 0.2) is 0 Å². The van der Waals surface area contributed by atoms with Crippen LogP contribution in [0.4, 0.5) is 0 Å². The van der Waals surface area contributed by atoms with Gasteiger partial charge in [-0.3, -0.25) is 0 Å². The molecule has 2 unspecified atom stereocenters. The maximum atomic E-state index is 2.39. The van der Waals surface area contributed by atoms with E-state index in [9.17, 15) is 0 Å². The van der Waals surface area contributed by atoms with E-state index in [2.05, 4.69) is 20.8 Å². The largest absolute Gasteiger partial charge is 0.105 e. The second-order valence-electron chi connectivity index (χ2n) is 3.57. The molecule has 0 N–H and O–H groups in total. The molecule has 1 fully saturated rings. The van der Waals surface area contributed by atoms with Gasteiger partial charge in [-0.05, 0) is 36.1 Å². The molecule has 1 aliphatic carbocycles. The van der Waals surface area contributed by atoms with Crippen LogP contribution in [0.15, 0.2) is 0 Å². The molecule has 0 bridgehead atoms. The molecule has 1 saturated carbocycles. The normalized spacial score (nSPS) is 29.0. The van der Waals surface area contributed by atoms with E-state index in [4.69, 9.17) is 0 Å². The van der Waals surface area contributed by atoms with Gasteiger partial charge in [-0.25, -0.2) is 0 Å². The Kier molecular flexibility index (Phi) is 3.59. The van der Waals surface area contributed by atoms with Crippen molar-refractivity contribution < 1.29 is 0 Å². The van der Waals surface area contributed by atoms with E-state index in [1.807, 2.05) is 5.29 Å². The zero-order chi connectivity index (χ0) is 8.27. The van der Waals surface area contributed by atoms with Crippen LogP contribution >= 0.6 is 8.20 Å². The quantitative estimate of drug-likeness (QED) is 0.566. The summed E-state index contributed by atoms with van der Waals surface area (Å²) in [5, 5.41) is 1.83. The number of rotatable bonds is 4. The fourth-order valence-corrected chi connectivity index (χ4v) is 2.74. The summed E-state index contributed by atoms with van der Waals surface area (Å²) in [5.74, 6) is 1.96. The van der Waals surface area contributed by atoms with Gasteiger partial charge >= 0.3 is 0 Å². The molecule has 0 radical (unpaired) electrons. The topological polar surface area (TPSA) is 0 Å². The molecule has 0 heterocycles. The van der Waals surface area contributed by atoms with E-state index in [1.54, 1.807) is 8.20 Å². The molecule has 0 aromatic rings. The summed E-state index contributed by atoms with van der Waals surface area (Å²) in [5.41, 5.74) is 0. The van der Waals surface area contributed by atoms with E-state index in [0.717, 1.165) is 11.8 Å². The van der Waals surface area contributed by atoms with E-state index < -0.39 is 0 Å². The van der Waals surface area contributed by atoms with Crippen molar-refractivity contribution in [2.24, 2.45) is 11.8 Å². The highest BCUT2D eigenvalue weighted by Crippen LogP contribution is 2.39. The zero-order valence-corrected chi connectivity index (χ0v) is 8.82. The summed E-state index contributed by atoms with van der Waals surface area (Å²) in [7, 11) is 1.65. The van der Waals surface area contributed by atoms with Gasteiger partial charge in [0, 0.05) is 0 Å². The van der Waals surface area contributed by atoms with Crippen LogP contribution in [0, 0.1) is 11.8 Å². The highest BCUT2D eigenvalue weighted by Gasteiger charge is 2.33. The molecule has 1 heteroatoms. The molecule has 1 aliphatic rings. The predicted octanol–water partition coefficient (Wildman–Crippen LogP) is 3.58. The third-order valence-corrected chi connectivity index (χ3v) is 4.16. The Labute approximate surface area is 72.2 Å². The second kappa shape index (κ2) is 4.26. The van der Waals surface area contributed by atoms with Gasteiger partial charge in [0.2, 0.25) is 0 Å². The van der Waals surface area contributed by atoms with Gasteiger partial charge in [0.25, 0.3) is 0 Å². The first-order valence-corrected chi connectivity index (χ1v) is 5.90. The maximum absolute atomic E-state index is 2.39. The summed E-state index contributed by atoms with van der Waals surface area (Å²) >= 11 is 0. The molecule has 0 saturated heterocycles. The summed E-state index contributed by atoms with van der Waals surface area (Å²) in [6.07, 6.45) is 5.53. The van der Waals surface area contributed by atoms with Gasteiger partial charge < -0.3 is 0 Å². The minimum absolute atomic E-state index is 0.953. The Bertz CT molecular complexity index is 149. The predicted molar refractivity (Wildman–Crippen MR) is 54.6 cm³/mol. The van der Waals surface area contributed by atoms with E-state index in [1.165, 1.54) is 25.4 Å². The van der Waals surface area contributed by atoms with Crippen LogP contribution in [0.25, 0.3) is 0 Å². The number of hydrogen-bond acceptors (Lipinski definition) is 0. The van der Waals surface area contributed by atoms with Gasteiger partial charge in [-0.1, -0.05) is 27.2 Å². The lowest BCUT2D eigenvalue weighted by molar-refractivity contribution is 0.517. The molecule has 1 rings (SSSR count). The first-order valence-electron chi connectivity index (χ1n) is 4.82. The molecular weight excluding hydrogens is 151 g/mol. The van der Waals surface area contributed by atoms with Gasteiger partial charge in [0.05, 0.1) is 0 Å². The Hall–Kier alpha value is 0.170. The molecule has 0 spiro atoms. The SMILES string of the molecule is CCC/P=C1/CC1C(C)CC. The van der Waals surface area contributed by atoms with Gasteiger partial charge in [-0.2, -0.15) is 0 Å². The standard InChI is InChI=1S/C10H19P/c1-4-6-11-10-7-9(10)8(3)5-2/h8-9H,4-7H2,1-3H3. The lowest BCUT2D eigenvalue weighted by atomic mass is 10.0. The van der Waals surface area contributed by atoms with Gasteiger partial charge in [0.1, 0.15) is 0 Å². The fourth-order valence-electron chi connectivity index (χ4n) is 1.42. The van der Waals surface area contributed by atoms with Crippen LogP contribution in [0.2, 0.25) is 0 Å². The van der Waals surface area contributed by atoms with Crippen molar-refractivity contribution in [3.05, 3.63) is 0 Å². The summed E-state index contributed by atoms with van der Waals surface area (Å²) in [4.78, 5) is 0. The molecule has 0 aromatic carbocycles. The smallest absolute Gasteiger partial charge is 0.00934 e. The van der Waals surface area contributed by atoms with Crippen molar-refractivity contribution in [2.75, 3.05) is 6.16 Å². The third kappa shape index (κ3) is 2.60. The van der Waals surface area contributed by atoms with Gasteiger partial charge in [-0.15, -0.1) is 8.20 Å². The van der Waals surface area contributed by atoms with Crippen molar-refractivity contribution in [2.45, 2.75) is 40.0 Å². The molecule has 11 heavy (non-hydrogen) atoms. The summed E-state index contributed by atoms with van der Waals surface area (Å²) in [6, 6.07) is 0. The van der Waals surface area contributed by atoms with Crippen LogP contribution in [0.5, 0.6) is 0 Å². The molecule has 0 amide bonds. The molecule has 0 aromatic heterocycles. The van der Waals surface area contributed by atoms with Crippen molar-refractivity contribution in [1.82, 2.24) is 0 Å². The van der Waals surface area contributed by atoms with Crippen LogP contribution in [0.1, 0.15) is 40.0 Å². The lowest BCUT2D eigenvalue weighted by Crippen LogP contribution is -1.95. The Balaban J connectivity index is 2.25. The van der Waals surface area contributed by atoms with Crippen LogP contribution in [0.3, 0.4) is 0 Å². The lowest BCUT2D eigenvalue weighted by Gasteiger charge is -2.02. The van der Waals surface area contributed by atoms with E-state index in [0.29, 0.717) is 0 Å². The van der Waals surface area contributed by atoms with Crippen LogP contribution in [-0.2, 0) is 0 Å². The average molecular weight is 170 g/mol. The molecule has 0 nitrogen and oxygen atoms in total. The fraction of sp³-hybridized carbons (Fsp3) is 0.900. The molecule has 64 valence electrons. The Morgan fingerprint density at radius 2 is 2.27 bits per heavy atom. The van der Waals surface area contributed by atoms with E-state index >= 15 is 0 Å². The van der Waals surface area contributed by atoms with Crippen molar-refractivity contribution in [1.29, 1.82) is 0 Å². The first-order chi connectivity index (χ1) is 5.29. The maximum Gasteiger partial charge on any atom is -0.00934 e. The Morgan fingerprint density at radius 3 is 2.82 bits per heavy atom. The highest BCUT2D eigenvalue weighted by atomic mass is 31.1. The molecule has 2 atom stereocenters. The average Bonchev–Trinajstić information content (AvgIpc) is 2.78. The minimum Gasteiger partial charge on any atom is -0.105 e. The minimum atomic E-state index is 0.953. The highest BCUT2D eigenvalue weighted by molar-refractivity contribution is 7.41. The summed E-state index contributed by atoms with van der Waals surface area (Å²) in [6.45, 7) is 6.96. The summed E-state index contributed by atoms with van der Waals surface area (Å²) < 4.78 is 0. The second-order valence-corrected chi connectivity index (χ2v) is 4.91. The van der Waals surface area contributed by atoms with Crippen molar-refractivity contribution in [3.8, 4) is 0 Å². The zero-order valence-electron chi connectivity index (χ0n) is 7.93. The van der Waals surface area contributed by atoms with Crippen LogP contribution < -0.4 is 0 Å². The van der Waals surface area contributed by atoms with Crippen molar-refractivity contribution >= 4 is 13.5 Å². The number of hydrogen-bond donors (Lipinski definition) is 0. The van der Waals surface area contributed by atoms with Crippen molar-refractivity contribution in [3.63, 3.8) is 0 Å². The molecular formula is C10H19P. The molecule has 0 aliphatic heterocycles. The first kappa shape index (κ1) is 9.26. The third-order valence-electron chi connectivity index (χ3n) is 2.57.